The second-order valence-electron chi connectivity index (χ2n) is 4.49. The van der Waals surface area contributed by atoms with E-state index in [2.05, 4.69) is 9.97 Å². The minimum atomic E-state index is 0.122. The number of benzene rings is 1. The van der Waals surface area contributed by atoms with Gasteiger partial charge >= 0.3 is 0 Å². The molecule has 1 aliphatic rings. The van der Waals surface area contributed by atoms with Gasteiger partial charge in [-0.3, -0.25) is 4.79 Å². The van der Waals surface area contributed by atoms with E-state index in [0.29, 0.717) is 27.9 Å². The Morgan fingerprint density at radius 1 is 1.05 bits per heavy atom. The summed E-state index contributed by atoms with van der Waals surface area (Å²) in [6.45, 7) is 0. The van der Waals surface area contributed by atoms with Crippen molar-refractivity contribution in [3.63, 3.8) is 0 Å². The molecule has 1 aromatic heterocycles. The first-order valence-corrected chi connectivity index (χ1v) is 6.74. The molecule has 0 aliphatic heterocycles. The van der Waals surface area contributed by atoms with Crippen molar-refractivity contribution in [2.75, 3.05) is 0 Å². The average molecular weight is 293 g/mol. The molecule has 5 heteroatoms. The van der Waals surface area contributed by atoms with E-state index in [9.17, 15) is 4.79 Å². The standard InChI is InChI=1S/C14H10Cl2N2O/c15-9-4-8(5-10(16)6-9)14-17-7-11-12(18-14)2-1-3-13(11)19/h4-7H,1-3H2. The molecule has 0 amide bonds. The van der Waals surface area contributed by atoms with E-state index in [1.54, 1.807) is 24.4 Å². The predicted molar refractivity (Wildman–Crippen MR) is 74.8 cm³/mol. The van der Waals surface area contributed by atoms with Gasteiger partial charge in [0.25, 0.3) is 0 Å². The van der Waals surface area contributed by atoms with Crippen molar-refractivity contribution in [3.05, 3.63) is 45.7 Å². The third kappa shape index (κ3) is 2.48. The third-order valence-corrected chi connectivity index (χ3v) is 3.54. The van der Waals surface area contributed by atoms with E-state index >= 15 is 0 Å². The van der Waals surface area contributed by atoms with Crippen LogP contribution in [0, 0.1) is 0 Å². The number of hydrogen-bond acceptors (Lipinski definition) is 3. The lowest BCUT2D eigenvalue weighted by Gasteiger charge is -2.14. The van der Waals surface area contributed by atoms with Gasteiger partial charge in [-0.2, -0.15) is 0 Å². The molecule has 0 unspecified atom stereocenters. The fourth-order valence-electron chi connectivity index (χ4n) is 2.21. The van der Waals surface area contributed by atoms with Gasteiger partial charge in [0.15, 0.2) is 11.6 Å². The number of nitrogens with zero attached hydrogens (tertiary/aromatic N) is 2. The first kappa shape index (κ1) is 12.6. The highest BCUT2D eigenvalue weighted by atomic mass is 35.5. The Hall–Kier alpha value is -1.45. The van der Waals surface area contributed by atoms with Crippen LogP contribution in [0.4, 0.5) is 0 Å². The Morgan fingerprint density at radius 2 is 1.79 bits per heavy atom. The Kier molecular flexibility index (Phi) is 3.25. The molecule has 0 bridgehead atoms. The number of hydrogen-bond donors (Lipinski definition) is 0. The first-order valence-electron chi connectivity index (χ1n) is 5.99. The largest absolute Gasteiger partial charge is 0.294 e. The molecule has 1 aliphatic carbocycles. The maximum atomic E-state index is 11.7. The van der Waals surface area contributed by atoms with E-state index in [1.165, 1.54) is 0 Å². The molecule has 0 fully saturated rings. The van der Waals surface area contributed by atoms with Crippen LogP contribution >= 0.6 is 23.2 Å². The van der Waals surface area contributed by atoms with Crippen molar-refractivity contribution in [2.45, 2.75) is 19.3 Å². The number of aromatic nitrogens is 2. The minimum Gasteiger partial charge on any atom is -0.294 e. The van der Waals surface area contributed by atoms with Gasteiger partial charge in [-0.15, -0.1) is 0 Å². The van der Waals surface area contributed by atoms with Gasteiger partial charge in [0.2, 0.25) is 0 Å². The van der Waals surface area contributed by atoms with Crippen LogP contribution in [0.1, 0.15) is 28.9 Å². The predicted octanol–water partition coefficient (Wildman–Crippen LogP) is 3.97. The summed E-state index contributed by atoms with van der Waals surface area (Å²) in [4.78, 5) is 20.4. The SMILES string of the molecule is O=C1CCCc2nc(-c3cc(Cl)cc(Cl)c3)ncc21. The van der Waals surface area contributed by atoms with Gasteiger partial charge in [0, 0.05) is 28.2 Å². The van der Waals surface area contributed by atoms with Gasteiger partial charge < -0.3 is 0 Å². The summed E-state index contributed by atoms with van der Waals surface area (Å²) in [7, 11) is 0. The Morgan fingerprint density at radius 3 is 2.53 bits per heavy atom. The molecule has 1 aromatic carbocycles. The average Bonchev–Trinajstić information content (AvgIpc) is 2.37. The number of fused-ring (bicyclic) bond motifs is 1. The maximum absolute atomic E-state index is 11.7. The lowest BCUT2D eigenvalue weighted by atomic mass is 9.96. The Bertz CT molecular complexity index is 650. The van der Waals surface area contributed by atoms with Crippen molar-refractivity contribution < 1.29 is 4.79 Å². The van der Waals surface area contributed by atoms with E-state index in [-0.39, 0.29) is 5.78 Å². The number of halogens is 2. The second kappa shape index (κ2) is 4.91. The van der Waals surface area contributed by atoms with E-state index in [4.69, 9.17) is 23.2 Å². The van der Waals surface area contributed by atoms with Crippen LogP contribution in [0.15, 0.2) is 24.4 Å². The van der Waals surface area contributed by atoms with Crippen LogP contribution in [-0.2, 0) is 6.42 Å². The van der Waals surface area contributed by atoms with Crippen molar-refractivity contribution in [1.29, 1.82) is 0 Å². The zero-order valence-electron chi connectivity index (χ0n) is 9.99. The van der Waals surface area contributed by atoms with Crippen molar-refractivity contribution in [3.8, 4) is 11.4 Å². The first-order chi connectivity index (χ1) is 9.13. The van der Waals surface area contributed by atoms with E-state index in [0.717, 1.165) is 24.1 Å². The number of ketones is 1. The molecule has 2 aromatic rings. The molecule has 3 rings (SSSR count). The summed E-state index contributed by atoms with van der Waals surface area (Å²) in [5.41, 5.74) is 2.22. The summed E-state index contributed by atoms with van der Waals surface area (Å²) < 4.78 is 0. The smallest absolute Gasteiger partial charge is 0.166 e. The third-order valence-electron chi connectivity index (χ3n) is 3.11. The molecule has 0 saturated carbocycles. The second-order valence-corrected chi connectivity index (χ2v) is 5.36. The van der Waals surface area contributed by atoms with Crippen LogP contribution in [0.25, 0.3) is 11.4 Å². The van der Waals surface area contributed by atoms with Gasteiger partial charge in [-0.25, -0.2) is 9.97 Å². The lowest BCUT2D eigenvalue weighted by Crippen LogP contribution is -2.13. The van der Waals surface area contributed by atoms with Crippen LogP contribution < -0.4 is 0 Å². The summed E-state index contributed by atoms with van der Waals surface area (Å²) in [5.74, 6) is 0.676. The number of rotatable bonds is 1. The zero-order chi connectivity index (χ0) is 13.4. The van der Waals surface area contributed by atoms with Crippen LogP contribution in [0.2, 0.25) is 10.0 Å². The fraction of sp³-hybridized carbons (Fsp3) is 0.214. The monoisotopic (exact) mass is 292 g/mol. The quantitative estimate of drug-likeness (QED) is 0.799. The number of aryl methyl sites for hydroxylation is 1. The van der Waals surface area contributed by atoms with Crippen LogP contribution in [0.5, 0.6) is 0 Å². The van der Waals surface area contributed by atoms with Crippen molar-refractivity contribution >= 4 is 29.0 Å². The lowest BCUT2D eigenvalue weighted by molar-refractivity contribution is 0.0971. The van der Waals surface area contributed by atoms with Crippen molar-refractivity contribution in [2.24, 2.45) is 0 Å². The van der Waals surface area contributed by atoms with Gasteiger partial charge in [-0.05, 0) is 31.0 Å². The number of carbonyl (C=O) groups excluding carboxylic acids is 1. The molecule has 0 saturated heterocycles. The van der Waals surface area contributed by atoms with E-state index < -0.39 is 0 Å². The number of Topliss-reactive ketones (excluding diaryl/α,β-unsaturated/α-hetero) is 1. The molecule has 0 N–H and O–H groups in total. The molecule has 3 nitrogen and oxygen atoms in total. The Balaban J connectivity index is 2.09. The molecule has 1 heterocycles. The molecule has 0 spiro atoms. The van der Waals surface area contributed by atoms with Gasteiger partial charge in [-0.1, -0.05) is 23.2 Å². The normalized spacial score (nSPS) is 14.3. The topological polar surface area (TPSA) is 42.9 Å². The summed E-state index contributed by atoms with van der Waals surface area (Å²) in [6.07, 6.45) is 3.84. The van der Waals surface area contributed by atoms with Crippen LogP contribution in [0.3, 0.4) is 0 Å². The highest BCUT2D eigenvalue weighted by Crippen LogP contribution is 2.27. The highest BCUT2D eigenvalue weighted by Gasteiger charge is 2.19. The Labute approximate surface area is 120 Å². The molecule has 19 heavy (non-hydrogen) atoms. The molecule has 0 atom stereocenters. The van der Waals surface area contributed by atoms with Gasteiger partial charge in [0.05, 0.1) is 11.3 Å². The zero-order valence-corrected chi connectivity index (χ0v) is 11.5. The molecule has 0 radical (unpaired) electrons. The summed E-state index contributed by atoms with van der Waals surface area (Å²) in [6, 6.07) is 5.19. The fourth-order valence-corrected chi connectivity index (χ4v) is 2.74. The number of carbonyl (C=O) groups is 1. The summed E-state index contributed by atoms with van der Waals surface area (Å²) in [5, 5.41) is 1.08. The van der Waals surface area contributed by atoms with Crippen LogP contribution in [-0.4, -0.2) is 15.8 Å². The highest BCUT2D eigenvalue weighted by molar-refractivity contribution is 6.35. The summed E-state index contributed by atoms with van der Waals surface area (Å²) >= 11 is 11.9. The van der Waals surface area contributed by atoms with Gasteiger partial charge in [0.1, 0.15) is 0 Å². The van der Waals surface area contributed by atoms with Crippen molar-refractivity contribution in [1.82, 2.24) is 9.97 Å². The maximum Gasteiger partial charge on any atom is 0.166 e. The molecular weight excluding hydrogens is 283 g/mol. The minimum absolute atomic E-state index is 0.122. The molecular formula is C14H10Cl2N2O. The van der Waals surface area contributed by atoms with E-state index in [1.807, 2.05) is 0 Å². The molecule has 96 valence electrons.